The highest BCUT2D eigenvalue weighted by atomic mass is 32.2. The molecule has 4 heteroatoms. The first-order chi connectivity index (χ1) is 23.9. The Morgan fingerprint density at radius 3 is 1.45 bits per heavy atom. The molecule has 0 aliphatic carbocycles. The minimum absolute atomic E-state index is 0.421. The van der Waals surface area contributed by atoms with Gasteiger partial charge in [-0.25, -0.2) is 0 Å². The molecule has 0 radical (unpaired) electrons. The van der Waals surface area contributed by atoms with Gasteiger partial charge in [0, 0.05) is 42.9 Å². The molecule has 1 atom stereocenters. The quantitative estimate of drug-likeness (QED) is 0.0365. The second-order valence-corrected chi connectivity index (χ2v) is 15.8. The van der Waals surface area contributed by atoms with E-state index in [1.54, 1.807) is 0 Å². The summed E-state index contributed by atoms with van der Waals surface area (Å²) in [6, 6.07) is 0. The molecular weight excluding hydrogens is 619 g/mol. The number of carbonyl (C=O) groups excluding carboxylic acids is 2. The first-order valence-corrected chi connectivity index (χ1v) is 21.9. The minimum atomic E-state index is 0.421. The Kier molecular flexibility index (Phi) is 36.9. The van der Waals surface area contributed by atoms with E-state index < -0.39 is 0 Å². The summed E-state index contributed by atoms with van der Waals surface area (Å²) in [4.78, 5) is 28.3. The van der Waals surface area contributed by atoms with Crippen LogP contribution in [0.2, 0.25) is 0 Å². The smallest absolute Gasteiger partial charge is 0.133 e. The fourth-order valence-corrected chi connectivity index (χ4v) is 7.56. The molecule has 1 unspecified atom stereocenters. The first-order valence-electron chi connectivity index (χ1n) is 20.9. The standard InChI is InChI=1S/C45H81NO2S/c1-6-9-11-13-15-17-19-21-23-30-36-43(47)38-32-26-25-28-34-42(45(8-3)49-41-40-46(4)5)35-29-27-33-39-44(48)37-31-24-22-20-18-16-14-12-10-7-2/h21-24,42H,3,6-7,9-20,25-41H2,1-2,4-5H3/b23-21+,24-22-. The van der Waals surface area contributed by atoms with Gasteiger partial charge in [-0.05, 0) is 84.2 Å². The highest BCUT2D eigenvalue weighted by molar-refractivity contribution is 8.03. The van der Waals surface area contributed by atoms with Gasteiger partial charge in [-0.1, -0.05) is 141 Å². The van der Waals surface area contributed by atoms with Crippen LogP contribution in [0.5, 0.6) is 0 Å². The van der Waals surface area contributed by atoms with E-state index in [0.29, 0.717) is 30.3 Å². The zero-order valence-corrected chi connectivity index (χ0v) is 34.0. The van der Waals surface area contributed by atoms with Crippen molar-refractivity contribution in [3.63, 3.8) is 0 Å². The van der Waals surface area contributed by atoms with Crippen LogP contribution in [-0.2, 0) is 9.59 Å². The maximum atomic E-state index is 12.4. The summed E-state index contributed by atoms with van der Waals surface area (Å²) in [5, 5.41) is 0. The predicted octanol–water partition coefficient (Wildman–Crippen LogP) is 14.2. The van der Waals surface area contributed by atoms with Gasteiger partial charge in [0.15, 0.2) is 0 Å². The fourth-order valence-electron chi connectivity index (χ4n) is 6.31. The average Bonchev–Trinajstić information content (AvgIpc) is 3.08. The summed E-state index contributed by atoms with van der Waals surface area (Å²) in [5.41, 5.74) is 3.30. The number of allylic oxidation sites excluding steroid dienone is 5. The highest BCUT2D eigenvalue weighted by Gasteiger charge is 2.15. The van der Waals surface area contributed by atoms with E-state index in [2.05, 4.69) is 69.5 Å². The molecule has 0 aromatic carbocycles. The van der Waals surface area contributed by atoms with Gasteiger partial charge in [-0.3, -0.25) is 9.59 Å². The molecule has 0 saturated heterocycles. The maximum absolute atomic E-state index is 12.4. The van der Waals surface area contributed by atoms with E-state index in [1.807, 2.05) is 11.8 Å². The van der Waals surface area contributed by atoms with Gasteiger partial charge in [-0.15, -0.1) is 17.5 Å². The van der Waals surface area contributed by atoms with Crippen molar-refractivity contribution in [3.05, 3.63) is 41.5 Å². The summed E-state index contributed by atoms with van der Waals surface area (Å²) in [7, 11) is 4.25. The molecule has 0 bridgehead atoms. The number of carbonyl (C=O) groups is 2. The molecule has 0 fully saturated rings. The maximum Gasteiger partial charge on any atom is 0.133 e. The predicted molar refractivity (Wildman–Crippen MR) is 221 cm³/mol. The zero-order valence-electron chi connectivity index (χ0n) is 33.2. The largest absolute Gasteiger partial charge is 0.309 e. The molecule has 0 aliphatic heterocycles. The van der Waals surface area contributed by atoms with Gasteiger partial charge in [0.2, 0.25) is 0 Å². The van der Waals surface area contributed by atoms with E-state index >= 15 is 0 Å². The van der Waals surface area contributed by atoms with Crippen molar-refractivity contribution in [2.45, 2.75) is 200 Å². The third kappa shape index (κ3) is 34.9. The molecule has 0 aromatic heterocycles. The Morgan fingerprint density at radius 1 is 0.571 bits per heavy atom. The van der Waals surface area contributed by atoms with Crippen molar-refractivity contribution in [2.24, 2.45) is 5.92 Å². The number of thioether (sulfide) groups is 1. The van der Waals surface area contributed by atoms with Crippen molar-refractivity contribution >= 4 is 23.3 Å². The first kappa shape index (κ1) is 47.7. The highest BCUT2D eigenvalue weighted by Crippen LogP contribution is 2.32. The van der Waals surface area contributed by atoms with Crippen molar-refractivity contribution < 1.29 is 9.59 Å². The molecule has 0 spiro atoms. The van der Waals surface area contributed by atoms with Crippen LogP contribution in [0.4, 0.5) is 0 Å². The molecule has 49 heavy (non-hydrogen) atoms. The van der Waals surface area contributed by atoms with E-state index in [4.69, 9.17) is 0 Å². The van der Waals surface area contributed by atoms with Gasteiger partial charge in [0.25, 0.3) is 0 Å². The van der Waals surface area contributed by atoms with Crippen LogP contribution >= 0.6 is 11.8 Å². The third-order valence-corrected chi connectivity index (χ3v) is 10.7. The van der Waals surface area contributed by atoms with Crippen molar-refractivity contribution in [2.75, 3.05) is 26.4 Å². The van der Waals surface area contributed by atoms with E-state index in [9.17, 15) is 9.59 Å². The van der Waals surface area contributed by atoms with Crippen LogP contribution in [0.1, 0.15) is 200 Å². The van der Waals surface area contributed by atoms with Gasteiger partial charge < -0.3 is 4.90 Å². The van der Waals surface area contributed by atoms with Crippen LogP contribution in [-0.4, -0.2) is 42.9 Å². The number of nitrogens with zero attached hydrogens (tertiary/aromatic N) is 1. The number of Topliss-reactive ketones (excluding diaryl/α,β-unsaturated/α-hetero) is 2. The molecule has 0 aromatic rings. The minimum Gasteiger partial charge on any atom is -0.309 e. The lowest BCUT2D eigenvalue weighted by molar-refractivity contribution is -0.119. The molecule has 3 nitrogen and oxygen atoms in total. The monoisotopic (exact) mass is 700 g/mol. The molecule has 0 aliphatic rings. The molecule has 284 valence electrons. The summed E-state index contributed by atoms with van der Waals surface area (Å²) in [6.45, 7) is 9.65. The Bertz CT molecular complexity index is 869. The van der Waals surface area contributed by atoms with Gasteiger partial charge in [-0.2, -0.15) is 0 Å². The number of rotatable bonds is 38. The lowest BCUT2D eigenvalue weighted by atomic mass is 9.93. The van der Waals surface area contributed by atoms with Gasteiger partial charge in [0.1, 0.15) is 11.6 Å². The Labute approximate surface area is 310 Å². The van der Waals surface area contributed by atoms with Crippen LogP contribution in [0.25, 0.3) is 0 Å². The molecular formula is C45H81NO2S. The topological polar surface area (TPSA) is 37.4 Å². The third-order valence-electron chi connectivity index (χ3n) is 9.57. The summed E-state index contributed by atoms with van der Waals surface area (Å²) >= 11 is 1.93. The Balaban J connectivity index is 4.24. The SMILES string of the molecule is C=C=C(SCCN(C)C)C(CCCCCCC(=O)CC/C=C/CCCCCCCC)CCCCCC(=O)CC/C=C\CCCCCCCC. The molecule has 0 amide bonds. The fraction of sp³-hybridized carbons (Fsp3) is 0.800. The van der Waals surface area contributed by atoms with E-state index in [0.717, 1.165) is 89.3 Å². The van der Waals surface area contributed by atoms with Crippen molar-refractivity contribution in [1.82, 2.24) is 4.90 Å². The summed E-state index contributed by atoms with van der Waals surface area (Å²) < 4.78 is 0. The van der Waals surface area contributed by atoms with Gasteiger partial charge >= 0.3 is 0 Å². The van der Waals surface area contributed by atoms with Gasteiger partial charge in [0.05, 0.1) is 0 Å². The van der Waals surface area contributed by atoms with Crippen molar-refractivity contribution in [1.29, 1.82) is 0 Å². The Morgan fingerprint density at radius 2 is 0.980 bits per heavy atom. The normalized spacial score (nSPS) is 12.3. The zero-order chi connectivity index (χ0) is 36.0. The summed E-state index contributed by atoms with van der Waals surface area (Å²) in [5.74, 6) is 2.43. The second-order valence-electron chi connectivity index (χ2n) is 14.7. The average molecular weight is 700 g/mol. The molecule has 0 heterocycles. The number of hydrogen-bond acceptors (Lipinski definition) is 4. The van der Waals surface area contributed by atoms with Crippen LogP contribution < -0.4 is 0 Å². The van der Waals surface area contributed by atoms with Crippen LogP contribution in [0.15, 0.2) is 41.5 Å². The Hall–Kier alpha value is -1.35. The van der Waals surface area contributed by atoms with E-state index in [-0.39, 0.29) is 0 Å². The van der Waals surface area contributed by atoms with E-state index in [1.165, 1.54) is 101 Å². The number of ketones is 2. The van der Waals surface area contributed by atoms with Crippen LogP contribution in [0.3, 0.4) is 0 Å². The lowest BCUT2D eigenvalue weighted by Gasteiger charge is -2.19. The summed E-state index contributed by atoms with van der Waals surface area (Å²) in [6.07, 6.45) is 42.3. The number of unbranched alkanes of at least 4 members (excludes halogenated alkanes) is 17. The van der Waals surface area contributed by atoms with Crippen LogP contribution in [0, 0.1) is 5.92 Å². The second kappa shape index (κ2) is 37.9. The molecule has 0 rings (SSSR count). The molecule has 0 N–H and O–H groups in total. The van der Waals surface area contributed by atoms with Crippen molar-refractivity contribution in [3.8, 4) is 0 Å². The molecule has 0 saturated carbocycles. The number of hydrogen-bond donors (Lipinski definition) is 0. The lowest BCUT2D eigenvalue weighted by Crippen LogP contribution is -2.15.